The molecule has 136 valence electrons. The van der Waals surface area contributed by atoms with Gasteiger partial charge in [0.1, 0.15) is 11.4 Å². The predicted molar refractivity (Wildman–Crippen MR) is 104 cm³/mol. The van der Waals surface area contributed by atoms with Crippen molar-refractivity contribution in [1.82, 2.24) is 9.78 Å². The van der Waals surface area contributed by atoms with Crippen LogP contribution in [-0.4, -0.2) is 27.3 Å². The Kier molecular flexibility index (Phi) is 3.83. The van der Waals surface area contributed by atoms with Gasteiger partial charge in [0.25, 0.3) is 0 Å². The number of nitrogens with zero attached hydrogens (tertiary/aromatic N) is 2. The van der Waals surface area contributed by atoms with E-state index in [1.165, 1.54) is 12.8 Å². The van der Waals surface area contributed by atoms with Crippen LogP contribution in [0.4, 0.5) is 0 Å². The van der Waals surface area contributed by atoms with E-state index in [4.69, 9.17) is 0 Å². The van der Waals surface area contributed by atoms with Crippen LogP contribution in [0.25, 0.3) is 5.69 Å². The first-order chi connectivity index (χ1) is 12.2. The minimum absolute atomic E-state index is 0.123. The number of carbonyl (C=O) groups excluding carboxylic acids is 1. The van der Waals surface area contributed by atoms with E-state index in [1.807, 2.05) is 19.1 Å². The first-order valence-electron chi connectivity index (χ1n) is 9.56. The topological polar surface area (TPSA) is 55.1 Å². The zero-order chi connectivity index (χ0) is 18.7. The molecule has 1 aliphatic carbocycles. The monoisotopic (exact) mass is 350 g/mol. The maximum Gasteiger partial charge on any atom is 0.233 e. The molecule has 0 radical (unpaired) electrons. The van der Waals surface area contributed by atoms with Crippen LogP contribution >= 0.6 is 0 Å². The maximum absolute atomic E-state index is 13.4. The van der Waals surface area contributed by atoms with Crippen molar-refractivity contribution >= 4 is 12.4 Å². The van der Waals surface area contributed by atoms with E-state index in [9.17, 15) is 9.90 Å². The molecule has 2 bridgehead atoms. The quantitative estimate of drug-likeness (QED) is 0.816. The van der Waals surface area contributed by atoms with Crippen LogP contribution in [-0.2, 0) is 0 Å². The number of hydrogen-bond acceptors (Lipinski definition) is 3. The second kappa shape index (κ2) is 5.73. The van der Waals surface area contributed by atoms with Gasteiger partial charge in [-0.3, -0.25) is 0 Å². The van der Waals surface area contributed by atoms with Crippen molar-refractivity contribution in [3.8, 4) is 11.4 Å². The van der Waals surface area contributed by atoms with Crippen LogP contribution in [0.15, 0.2) is 30.5 Å². The molecule has 4 nitrogen and oxygen atoms in total. The van der Waals surface area contributed by atoms with Gasteiger partial charge in [0.05, 0.1) is 17.6 Å². The summed E-state index contributed by atoms with van der Waals surface area (Å²) in [5, 5.41) is 13.9. The smallest absolute Gasteiger partial charge is 0.233 e. The summed E-state index contributed by atoms with van der Waals surface area (Å²) in [5.74, 6) is 0.719. The number of phenols is 1. The Morgan fingerprint density at radius 3 is 2.62 bits per heavy atom. The molecule has 2 unspecified atom stereocenters. The number of benzene rings is 1. The standard InChI is InChI=1S/C21H27BN2O2/c1-14-18(11-23-24(14)16-5-7-17(25)8-6-16)19(26)22-13-21(4)10-15(22)9-20(2,3)12-21/h5-8,11,15,25H,9-10,12-13H2,1-4H3. The summed E-state index contributed by atoms with van der Waals surface area (Å²) in [4.78, 5) is 13.4. The van der Waals surface area contributed by atoms with Gasteiger partial charge < -0.3 is 9.90 Å². The van der Waals surface area contributed by atoms with E-state index < -0.39 is 0 Å². The number of aromatic hydroxyl groups is 1. The van der Waals surface area contributed by atoms with Crippen LogP contribution in [0.5, 0.6) is 5.75 Å². The van der Waals surface area contributed by atoms with Crippen LogP contribution < -0.4 is 0 Å². The zero-order valence-corrected chi connectivity index (χ0v) is 16.1. The summed E-state index contributed by atoms with van der Waals surface area (Å²) in [5.41, 5.74) is 3.38. The van der Waals surface area contributed by atoms with Gasteiger partial charge in [-0.25, -0.2) is 4.68 Å². The zero-order valence-electron chi connectivity index (χ0n) is 16.1. The predicted octanol–water partition coefficient (Wildman–Crippen LogP) is 4.70. The molecule has 4 rings (SSSR count). The Balaban J connectivity index is 1.63. The van der Waals surface area contributed by atoms with Gasteiger partial charge in [-0.1, -0.05) is 45.8 Å². The first-order valence-corrected chi connectivity index (χ1v) is 9.56. The molecule has 2 aliphatic rings. The lowest BCUT2D eigenvalue weighted by molar-refractivity contribution is 0.106. The summed E-state index contributed by atoms with van der Waals surface area (Å²) < 4.78 is 1.79. The fourth-order valence-electron chi connectivity index (χ4n) is 5.86. The second-order valence-electron chi connectivity index (χ2n) is 9.57. The van der Waals surface area contributed by atoms with Crippen molar-refractivity contribution in [2.24, 2.45) is 10.8 Å². The molecule has 1 aromatic carbocycles. The number of phenolic OH excluding ortho intramolecular Hbond substituents is 1. The Labute approximate surface area is 155 Å². The maximum atomic E-state index is 13.4. The van der Waals surface area contributed by atoms with Gasteiger partial charge in [0.2, 0.25) is 6.71 Å². The third-order valence-electron chi connectivity index (χ3n) is 6.46. The van der Waals surface area contributed by atoms with Gasteiger partial charge in [-0.2, -0.15) is 5.10 Å². The highest BCUT2D eigenvalue weighted by Gasteiger charge is 2.54. The number of aromatic nitrogens is 2. The van der Waals surface area contributed by atoms with Crippen molar-refractivity contribution in [2.75, 3.05) is 0 Å². The number of hydrogen-bond donors (Lipinski definition) is 1. The van der Waals surface area contributed by atoms with E-state index in [1.54, 1.807) is 23.0 Å². The number of fused-ring (bicyclic) bond motifs is 2. The SMILES string of the molecule is Cc1c(C(=O)B2CC3(C)CC2CC(C)(C)C3)cnn1-c1ccc(O)cc1. The molecular formula is C21H27BN2O2. The van der Waals surface area contributed by atoms with E-state index in [-0.39, 0.29) is 18.1 Å². The van der Waals surface area contributed by atoms with Crippen molar-refractivity contribution in [3.63, 3.8) is 0 Å². The normalized spacial score (nSPS) is 26.9. The van der Waals surface area contributed by atoms with Gasteiger partial charge in [0, 0.05) is 5.56 Å². The molecule has 1 aromatic heterocycles. The van der Waals surface area contributed by atoms with E-state index in [2.05, 4.69) is 25.9 Å². The van der Waals surface area contributed by atoms with Crippen molar-refractivity contribution < 1.29 is 9.90 Å². The molecule has 2 fully saturated rings. The van der Waals surface area contributed by atoms with Gasteiger partial charge in [-0.05, 0) is 48.4 Å². The van der Waals surface area contributed by atoms with E-state index in [0.29, 0.717) is 16.6 Å². The molecule has 2 atom stereocenters. The van der Waals surface area contributed by atoms with Crippen LogP contribution in [0.3, 0.4) is 0 Å². The lowest BCUT2D eigenvalue weighted by atomic mass is 9.37. The first kappa shape index (κ1) is 17.4. The highest BCUT2D eigenvalue weighted by Crippen LogP contribution is 2.60. The van der Waals surface area contributed by atoms with Crippen molar-refractivity contribution in [1.29, 1.82) is 0 Å². The van der Waals surface area contributed by atoms with Gasteiger partial charge in [-0.15, -0.1) is 0 Å². The molecule has 0 amide bonds. The minimum atomic E-state index is 0.123. The summed E-state index contributed by atoms with van der Waals surface area (Å²) in [6, 6.07) is 6.91. The van der Waals surface area contributed by atoms with E-state index >= 15 is 0 Å². The fourth-order valence-corrected chi connectivity index (χ4v) is 5.86. The highest BCUT2D eigenvalue weighted by molar-refractivity contribution is 6.94. The molecule has 2 heterocycles. The molecule has 26 heavy (non-hydrogen) atoms. The van der Waals surface area contributed by atoms with Crippen molar-refractivity contribution in [2.45, 2.75) is 59.1 Å². The Bertz CT molecular complexity index is 855. The third kappa shape index (κ3) is 2.87. The van der Waals surface area contributed by atoms with Crippen molar-refractivity contribution in [3.05, 3.63) is 41.7 Å². The van der Waals surface area contributed by atoms with Crippen LogP contribution in [0, 0.1) is 17.8 Å². The Hall–Kier alpha value is -2.04. The molecular weight excluding hydrogens is 323 g/mol. The highest BCUT2D eigenvalue weighted by atomic mass is 16.3. The molecule has 0 spiro atoms. The fraction of sp³-hybridized carbons (Fsp3) is 0.524. The van der Waals surface area contributed by atoms with Crippen LogP contribution in [0.1, 0.15) is 56.1 Å². The van der Waals surface area contributed by atoms with E-state index in [0.717, 1.165) is 29.7 Å². The lowest BCUT2D eigenvalue weighted by Crippen LogP contribution is -2.30. The molecule has 1 aliphatic heterocycles. The average Bonchev–Trinajstić information content (AvgIpc) is 3.04. The summed E-state index contributed by atoms with van der Waals surface area (Å²) in [6.07, 6.45) is 6.26. The largest absolute Gasteiger partial charge is 0.508 e. The average molecular weight is 350 g/mol. The molecule has 2 aromatic rings. The summed E-state index contributed by atoms with van der Waals surface area (Å²) >= 11 is 0. The summed E-state index contributed by atoms with van der Waals surface area (Å²) in [7, 11) is 0. The molecule has 5 heteroatoms. The molecule has 1 saturated carbocycles. The number of carbonyl (C=O) groups is 1. The van der Waals surface area contributed by atoms with Gasteiger partial charge >= 0.3 is 0 Å². The minimum Gasteiger partial charge on any atom is -0.508 e. The number of rotatable bonds is 3. The molecule has 1 saturated heterocycles. The van der Waals surface area contributed by atoms with Gasteiger partial charge in [0.15, 0.2) is 0 Å². The summed E-state index contributed by atoms with van der Waals surface area (Å²) in [6.45, 7) is 9.13. The lowest BCUT2D eigenvalue weighted by Gasteiger charge is -2.41. The third-order valence-corrected chi connectivity index (χ3v) is 6.46. The molecule has 1 N–H and O–H groups in total. The Morgan fingerprint density at radius 1 is 1.23 bits per heavy atom. The Morgan fingerprint density at radius 2 is 1.92 bits per heavy atom. The van der Waals surface area contributed by atoms with Crippen LogP contribution in [0.2, 0.25) is 12.1 Å². The second-order valence-corrected chi connectivity index (χ2v) is 9.57.